The first-order valence-corrected chi connectivity index (χ1v) is 7.10. The Kier molecular flexibility index (Phi) is 5.34. The summed E-state index contributed by atoms with van der Waals surface area (Å²) in [7, 11) is 1.51. The quantitative estimate of drug-likeness (QED) is 0.722. The van der Waals surface area contributed by atoms with Gasteiger partial charge in [-0.2, -0.15) is 0 Å². The third kappa shape index (κ3) is 3.82. The number of methoxy groups -OCH3 is 1. The molecule has 2 aromatic carbocycles. The summed E-state index contributed by atoms with van der Waals surface area (Å²) in [5.74, 6) is 0.549. The van der Waals surface area contributed by atoms with Crippen molar-refractivity contribution < 1.29 is 14.3 Å². The number of hydrogen-bond donors (Lipinski definition) is 0. The summed E-state index contributed by atoms with van der Waals surface area (Å²) in [4.78, 5) is 12.1. The Morgan fingerprint density at radius 1 is 1.05 bits per heavy atom. The Morgan fingerprint density at radius 2 is 1.71 bits per heavy atom. The molecule has 0 aliphatic heterocycles. The summed E-state index contributed by atoms with van der Waals surface area (Å²) >= 11 is 17.9. The van der Waals surface area contributed by atoms with Gasteiger partial charge >= 0.3 is 0 Å². The third-order valence-electron chi connectivity index (χ3n) is 2.74. The van der Waals surface area contributed by atoms with E-state index in [1.807, 2.05) is 0 Å². The summed E-state index contributed by atoms with van der Waals surface area (Å²) in [6.07, 6.45) is 0. The van der Waals surface area contributed by atoms with E-state index in [1.54, 1.807) is 30.3 Å². The largest absolute Gasteiger partial charge is 0.495 e. The second kappa shape index (κ2) is 7.03. The predicted octanol–water partition coefficient (Wildman–Crippen LogP) is 4.92. The zero-order chi connectivity index (χ0) is 15.4. The number of para-hydroxylation sites is 1. The highest BCUT2D eigenvalue weighted by Gasteiger charge is 2.13. The number of carbonyl (C=O) groups excluding carboxylic acids is 1. The van der Waals surface area contributed by atoms with Crippen molar-refractivity contribution in [3.8, 4) is 11.5 Å². The molecule has 0 radical (unpaired) electrons. The van der Waals surface area contributed by atoms with Crippen molar-refractivity contribution in [3.05, 3.63) is 57.0 Å². The molecule has 0 bridgehead atoms. The Bertz CT molecular complexity index is 651. The number of ketones is 1. The minimum Gasteiger partial charge on any atom is -0.495 e. The van der Waals surface area contributed by atoms with Gasteiger partial charge in [-0.15, -0.1) is 0 Å². The summed E-state index contributed by atoms with van der Waals surface area (Å²) in [6, 6.07) is 9.74. The summed E-state index contributed by atoms with van der Waals surface area (Å²) in [6.45, 7) is -0.188. The lowest BCUT2D eigenvalue weighted by Gasteiger charge is -2.10. The van der Waals surface area contributed by atoms with Crippen LogP contribution < -0.4 is 9.47 Å². The SMILES string of the molecule is COc1ccc(C(=O)COc2c(Cl)cccc2Cl)cc1Cl. The molecule has 3 nitrogen and oxygen atoms in total. The van der Waals surface area contributed by atoms with Crippen molar-refractivity contribution in [2.75, 3.05) is 13.7 Å². The molecule has 110 valence electrons. The van der Waals surface area contributed by atoms with Gasteiger partial charge in [0.1, 0.15) is 5.75 Å². The van der Waals surface area contributed by atoms with E-state index in [0.29, 0.717) is 26.4 Å². The first-order chi connectivity index (χ1) is 10.0. The Morgan fingerprint density at radius 3 is 2.29 bits per heavy atom. The molecule has 0 unspecified atom stereocenters. The van der Waals surface area contributed by atoms with Gasteiger partial charge in [-0.25, -0.2) is 0 Å². The molecule has 0 spiro atoms. The van der Waals surface area contributed by atoms with E-state index in [9.17, 15) is 4.79 Å². The lowest BCUT2D eigenvalue weighted by Crippen LogP contribution is -2.12. The third-order valence-corrected chi connectivity index (χ3v) is 3.63. The second-order valence-corrected chi connectivity index (χ2v) is 5.33. The molecular formula is C15H11Cl3O3. The minimum absolute atomic E-state index is 0.188. The molecule has 0 amide bonds. The summed E-state index contributed by atoms with van der Waals surface area (Å²) in [5, 5.41) is 1.06. The number of Topliss-reactive ketones (excluding diaryl/α,β-unsaturated/α-hetero) is 1. The van der Waals surface area contributed by atoms with Crippen LogP contribution >= 0.6 is 34.8 Å². The molecule has 21 heavy (non-hydrogen) atoms. The monoisotopic (exact) mass is 344 g/mol. The number of rotatable bonds is 5. The van der Waals surface area contributed by atoms with E-state index >= 15 is 0 Å². The van der Waals surface area contributed by atoms with Gasteiger partial charge < -0.3 is 9.47 Å². The van der Waals surface area contributed by atoms with Crippen molar-refractivity contribution >= 4 is 40.6 Å². The van der Waals surface area contributed by atoms with Crippen LogP contribution in [0, 0.1) is 0 Å². The van der Waals surface area contributed by atoms with E-state index in [-0.39, 0.29) is 18.1 Å². The first-order valence-electron chi connectivity index (χ1n) is 5.96. The topological polar surface area (TPSA) is 35.5 Å². The highest BCUT2D eigenvalue weighted by atomic mass is 35.5. The molecule has 6 heteroatoms. The van der Waals surface area contributed by atoms with E-state index in [1.165, 1.54) is 13.2 Å². The lowest BCUT2D eigenvalue weighted by atomic mass is 10.1. The van der Waals surface area contributed by atoms with Crippen molar-refractivity contribution in [1.82, 2.24) is 0 Å². The predicted molar refractivity (Wildman–Crippen MR) is 84.3 cm³/mol. The fraction of sp³-hybridized carbons (Fsp3) is 0.133. The minimum atomic E-state index is -0.240. The Balaban J connectivity index is 2.10. The maximum Gasteiger partial charge on any atom is 0.200 e. The maximum absolute atomic E-state index is 12.1. The van der Waals surface area contributed by atoms with Gasteiger partial charge in [0.15, 0.2) is 18.1 Å². The molecule has 0 atom stereocenters. The van der Waals surface area contributed by atoms with Crippen LogP contribution in [0.5, 0.6) is 11.5 Å². The number of carbonyl (C=O) groups is 1. The van der Waals surface area contributed by atoms with Gasteiger partial charge in [0, 0.05) is 5.56 Å². The molecule has 0 aromatic heterocycles. The van der Waals surface area contributed by atoms with E-state index in [4.69, 9.17) is 44.3 Å². The second-order valence-electron chi connectivity index (χ2n) is 4.11. The number of benzene rings is 2. The molecular weight excluding hydrogens is 335 g/mol. The standard InChI is InChI=1S/C15H11Cl3O3/c1-20-14-6-5-9(7-12(14)18)13(19)8-21-15-10(16)3-2-4-11(15)17/h2-7H,8H2,1H3. The zero-order valence-corrected chi connectivity index (χ0v) is 13.3. The maximum atomic E-state index is 12.1. The van der Waals surface area contributed by atoms with E-state index < -0.39 is 0 Å². The fourth-order valence-electron chi connectivity index (χ4n) is 1.68. The fourth-order valence-corrected chi connectivity index (χ4v) is 2.45. The molecule has 0 aliphatic carbocycles. The molecule has 0 saturated carbocycles. The van der Waals surface area contributed by atoms with Crippen LogP contribution in [0.15, 0.2) is 36.4 Å². The molecule has 0 heterocycles. The average molecular weight is 346 g/mol. The Hall–Kier alpha value is -1.42. The molecule has 0 saturated heterocycles. The lowest BCUT2D eigenvalue weighted by molar-refractivity contribution is 0.0921. The van der Waals surface area contributed by atoms with Crippen LogP contribution in [0.25, 0.3) is 0 Å². The summed E-state index contributed by atoms with van der Waals surface area (Å²) in [5.41, 5.74) is 0.420. The van der Waals surface area contributed by atoms with Crippen molar-refractivity contribution in [1.29, 1.82) is 0 Å². The molecule has 0 fully saturated rings. The number of halogens is 3. The Labute approximate surface area is 137 Å². The van der Waals surface area contributed by atoms with Gasteiger partial charge in [-0.05, 0) is 30.3 Å². The highest BCUT2D eigenvalue weighted by molar-refractivity contribution is 6.37. The van der Waals surface area contributed by atoms with Gasteiger partial charge in [-0.1, -0.05) is 40.9 Å². The van der Waals surface area contributed by atoms with Gasteiger partial charge in [-0.3, -0.25) is 4.79 Å². The number of hydrogen-bond acceptors (Lipinski definition) is 3. The molecule has 0 N–H and O–H groups in total. The zero-order valence-electron chi connectivity index (χ0n) is 11.0. The van der Waals surface area contributed by atoms with E-state index in [2.05, 4.69) is 0 Å². The van der Waals surface area contributed by atoms with Crippen molar-refractivity contribution in [3.63, 3.8) is 0 Å². The van der Waals surface area contributed by atoms with Crippen molar-refractivity contribution in [2.45, 2.75) is 0 Å². The molecule has 2 rings (SSSR count). The van der Waals surface area contributed by atoms with Gasteiger partial charge in [0.05, 0.1) is 22.2 Å². The van der Waals surface area contributed by atoms with Gasteiger partial charge in [0.2, 0.25) is 0 Å². The van der Waals surface area contributed by atoms with Crippen LogP contribution in [0.2, 0.25) is 15.1 Å². The van der Waals surface area contributed by atoms with Gasteiger partial charge in [0.25, 0.3) is 0 Å². The van der Waals surface area contributed by atoms with Crippen LogP contribution in [0.3, 0.4) is 0 Å². The molecule has 0 aliphatic rings. The van der Waals surface area contributed by atoms with Crippen LogP contribution in [-0.4, -0.2) is 19.5 Å². The van der Waals surface area contributed by atoms with Crippen LogP contribution in [0.4, 0.5) is 0 Å². The number of ether oxygens (including phenoxy) is 2. The van der Waals surface area contributed by atoms with Crippen LogP contribution in [0.1, 0.15) is 10.4 Å². The highest BCUT2D eigenvalue weighted by Crippen LogP contribution is 2.32. The van der Waals surface area contributed by atoms with Crippen molar-refractivity contribution in [2.24, 2.45) is 0 Å². The normalized spacial score (nSPS) is 10.3. The average Bonchev–Trinajstić information content (AvgIpc) is 2.46. The first kappa shape index (κ1) is 16.0. The van der Waals surface area contributed by atoms with Crippen LogP contribution in [-0.2, 0) is 0 Å². The summed E-state index contributed by atoms with van der Waals surface area (Å²) < 4.78 is 10.4. The smallest absolute Gasteiger partial charge is 0.200 e. The van der Waals surface area contributed by atoms with E-state index in [0.717, 1.165) is 0 Å². The molecule has 2 aromatic rings.